The van der Waals surface area contributed by atoms with Crippen LogP contribution >= 0.6 is 0 Å². The minimum absolute atomic E-state index is 0.0907. The Morgan fingerprint density at radius 2 is 1.83 bits per heavy atom. The molecule has 0 aliphatic heterocycles. The van der Waals surface area contributed by atoms with Crippen LogP contribution in [0, 0.1) is 5.92 Å². The van der Waals surface area contributed by atoms with Gasteiger partial charge in [0, 0.05) is 26.2 Å². The number of rotatable bonds is 15. The van der Waals surface area contributed by atoms with Gasteiger partial charge in [0.2, 0.25) is 5.91 Å². The van der Waals surface area contributed by atoms with E-state index in [2.05, 4.69) is 39.9 Å². The molecule has 0 aliphatic rings. The average molecular weight is 330 g/mol. The zero-order valence-corrected chi connectivity index (χ0v) is 16.1. The molecule has 0 unspecified atom stereocenters. The van der Waals surface area contributed by atoms with E-state index in [1.54, 1.807) is 0 Å². The van der Waals surface area contributed by atoms with Gasteiger partial charge < -0.3 is 14.8 Å². The van der Waals surface area contributed by atoms with Crippen LogP contribution in [0.5, 0.6) is 0 Å². The quantitative estimate of drug-likeness (QED) is 0.455. The monoisotopic (exact) mass is 329 g/mol. The predicted molar refractivity (Wildman–Crippen MR) is 96.7 cm³/mol. The van der Waals surface area contributed by atoms with Gasteiger partial charge in [-0.2, -0.15) is 0 Å². The topological polar surface area (TPSA) is 47.6 Å². The maximum absolute atomic E-state index is 11.7. The number of ether oxygens (including phenoxy) is 2. The normalized spacial score (nSPS) is 11.9. The second kappa shape index (κ2) is 13.8. The molecular weight excluding hydrogens is 290 g/mol. The average Bonchev–Trinajstić information content (AvgIpc) is 2.46. The lowest BCUT2D eigenvalue weighted by Gasteiger charge is -2.25. The minimum atomic E-state index is -0.145. The number of unbranched alkanes of at least 4 members (excludes halogenated alkanes) is 2. The van der Waals surface area contributed by atoms with E-state index in [-0.39, 0.29) is 11.5 Å². The first-order valence-corrected chi connectivity index (χ1v) is 9.35. The molecule has 1 N–H and O–H groups in total. The lowest BCUT2D eigenvalue weighted by molar-refractivity contribution is -0.122. The first-order valence-electron chi connectivity index (χ1n) is 9.35. The highest BCUT2D eigenvalue weighted by atomic mass is 16.5. The molecule has 1 amide bonds. The van der Waals surface area contributed by atoms with Crippen LogP contribution < -0.4 is 5.32 Å². The Morgan fingerprint density at radius 1 is 1.09 bits per heavy atom. The Labute approximate surface area is 143 Å². The second-order valence-electron chi connectivity index (χ2n) is 7.31. The van der Waals surface area contributed by atoms with E-state index in [1.165, 1.54) is 12.8 Å². The molecule has 0 aliphatic carbocycles. The highest BCUT2D eigenvalue weighted by Crippen LogP contribution is 2.15. The van der Waals surface area contributed by atoms with Crippen molar-refractivity contribution >= 4 is 5.91 Å². The standard InChI is InChI=1S/C19H39NO3/c1-6-7-14-23-19(4,5)12-16-22-15-11-18(21)20-13-9-8-10-17(2)3/h17H,6-16H2,1-5H3,(H,20,21). The molecule has 0 saturated heterocycles. The molecule has 0 saturated carbocycles. The van der Waals surface area contributed by atoms with Crippen molar-refractivity contribution in [3.8, 4) is 0 Å². The van der Waals surface area contributed by atoms with E-state index < -0.39 is 0 Å². The molecule has 4 nitrogen and oxygen atoms in total. The molecule has 0 atom stereocenters. The van der Waals surface area contributed by atoms with Crippen LogP contribution in [0.3, 0.4) is 0 Å². The van der Waals surface area contributed by atoms with Crippen LogP contribution in [-0.2, 0) is 14.3 Å². The van der Waals surface area contributed by atoms with Crippen LogP contribution in [0.2, 0.25) is 0 Å². The zero-order valence-electron chi connectivity index (χ0n) is 16.1. The first-order chi connectivity index (χ1) is 10.9. The van der Waals surface area contributed by atoms with Crippen molar-refractivity contribution in [2.45, 2.75) is 85.2 Å². The van der Waals surface area contributed by atoms with Crippen molar-refractivity contribution in [1.29, 1.82) is 0 Å². The number of carbonyl (C=O) groups excluding carboxylic acids is 1. The second-order valence-corrected chi connectivity index (χ2v) is 7.31. The third-order valence-corrected chi connectivity index (χ3v) is 3.84. The van der Waals surface area contributed by atoms with Gasteiger partial charge in [-0.25, -0.2) is 0 Å². The Morgan fingerprint density at radius 3 is 2.48 bits per heavy atom. The van der Waals surface area contributed by atoms with E-state index in [0.29, 0.717) is 19.6 Å². The summed E-state index contributed by atoms with van der Waals surface area (Å²) in [6.07, 6.45) is 7.03. The molecule has 0 rings (SSSR count). The summed E-state index contributed by atoms with van der Waals surface area (Å²) in [5.41, 5.74) is -0.145. The maximum Gasteiger partial charge on any atom is 0.222 e. The zero-order chi connectivity index (χ0) is 17.6. The summed E-state index contributed by atoms with van der Waals surface area (Å²) in [5, 5.41) is 2.95. The molecular formula is C19H39NO3. The highest BCUT2D eigenvalue weighted by molar-refractivity contribution is 5.75. The fourth-order valence-corrected chi connectivity index (χ4v) is 2.14. The van der Waals surface area contributed by atoms with Crippen molar-refractivity contribution in [2.24, 2.45) is 5.92 Å². The van der Waals surface area contributed by atoms with Crippen molar-refractivity contribution in [2.75, 3.05) is 26.4 Å². The summed E-state index contributed by atoms with van der Waals surface area (Å²) in [7, 11) is 0. The van der Waals surface area contributed by atoms with E-state index >= 15 is 0 Å². The van der Waals surface area contributed by atoms with Crippen LogP contribution in [0.25, 0.3) is 0 Å². The molecule has 0 spiro atoms. The number of nitrogens with one attached hydrogen (secondary N) is 1. The number of carbonyl (C=O) groups is 1. The van der Waals surface area contributed by atoms with Crippen LogP contribution in [0.4, 0.5) is 0 Å². The molecule has 0 aromatic carbocycles. The summed E-state index contributed by atoms with van der Waals surface area (Å²) in [4.78, 5) is 11.7. The molecule has 0 fully saturated rings. The van der Waals surface area contributed by atoms with Crippen LogP contribution in [-0.4, -0.2) is 37.9 Å². The third kappa shape index (κ3) is 16.0. The van der Waals surface area contributed by atoms with E-state index in [1.807, 2.05) is 0 Å². The van der Waals surface area contributed by atoms with Crippen molar-refractivity contribution in [3.05, 3.63) is 0 Å². The Kier molecular flexibility index (Phi) is 13.4. The Balaban J connectivity index is 3.47. The van der Waals surface area contributed by atoms with E-state index in [0.717, 1.165) is 44.8 Å². The van der Waals surface area contributed by atoms with Gasteiger partial charge in [-0.15, -0.1) is 0 Å². The van der Waals surface area contributed by atoms with Crippen molar-refractivity contribution in [3.63, 3.8) is 0 Å². The number of hydrogen-bond acceptors (Lipinski definition) is 3. The minimum Gasteiger partial charge on any atom is -0.381 e. The smallest absolute Gasteiger partial charge is 0.222 e. The first kappa shape index (κ1) is 22.4. The van der Waals surface area contributed by atoms with Gasteiger partial charge in [0.15, 0.2) is 0 Å². The SMILES string of the molecule is CCCCOC(C)(C)CCOCCC(=O)NCCCCC(C)C. The number of hydrogen-bond donors (Lipinski definition) is 1. The summed E-state index contributed by atoms with van der Waals surface area (Å²) < 4.78 is 11.4. The van der Waals surface area contributed by atoms with E-state index in [9.17, 15) is 4.79 Å². The predicted octanol–water partition coefficient (Wildman–Crippen LogP) is 4.32. The van der Waals surface area contributed by atoms with Gasteiger partial charge in [0.25, 0.3) is 0 Å². The fraction of sp³-hybridized carbons (Fsp3) is 0.947. The lowest BCUT2D eigenvalue weighted by Crippen LogP contribution is -2.28. The van der Waals surface area contributed by atoms with Gasteiger partial charge in [0.05, 0.1) is 12.2 Å². The molecule has 0 radical (unpaired) electrons. The molecule has 0 aromatic rings. The Hall–Kier alpha value is -0.610. The van der Waals surface area contributed by atoms with Gasteiger partial charge in [0.1, 0.15) is 0 Å². The lowest BCUT2D eigenvalue weighted by atomic mass is 10.1. The van der Waals surface area contributed by atoms with Crippen molar-refractivity contribution in [1.82, 2.24) is 5.32 Å². The molecule has 138 valence electrons. The fourth-order valence-electron chi connectivity index (χ4n) is 2.14. The molecule has 0 heterocycles. The molecule has 0 bridgehead atoms. The highest BCUT2D eigenvalue weighted by Gasteiger charge is 2.17. The molecule has 0 aromatic heterocycles. The summed E-state index contributed by atoms with van der Waals surface area (Å²) >= 11 is 0. The van der Waals surface area contributed by atoms with Gasteiger partial charge in [-0.05, 0) is 39.0 Å². The van der Waals surface area contributed by atoms with Gasteiger partial charge >= 0.3 is 0 Å². The van der Waals surface area contributed by atoms with Crippen LogP contribution in [0.15, 0.2) is 0 Å². The van der Waals surface area contributed by atoms with Gasteiger partial charge in [-0.3, -0.25) is 4.79 Å². The summed E-state index contributed by atoms with van der Waals surface area (Å²) in [6, 6.07) is 0. The van der Waals surface area contributed by atoms with Gasteiger partial charge in [-0.1, -0.05) is 40.0 Å². The summed E-state index contributed by atoms with van der Waals surface area (Å²) in [6.45, 7) is 13.5. The number of amides is 1. The van der Waals surface area contributed by atoms with Crippen molar-refractivity contribution < 1.29 is 14.3 Å². The summed E-state index contributed by atoms with van der Waals surface area (Å²) in [5.74, 6) is 0.835. The maximum atomic E-state index is 11.7. The largest absolute Gasteiger partial charge is 0.381 e. The van der Waals surface area contributed by atoms with E-state index in [4.69, 9.17) is 9.47 Å². The Bertz CT molecular complexity index is 290. The third-order valence-electron chi connectivity index (χ3n) is 3.84. The van der Waals surface area contributed by atoms with Crippen LogP contribution in [0.1, 0.15) is 79.6 Å². The molecule has 4 heteroatoms. The molecule has 23 heavy (non-hydrogen) atoms.